The van der Waals surface area contributed by atoms with Crippen LogP contribution in [0.4, 0.5) is 5.69 Å². The third-order valence-corrected chi connectivity index (χ3v) is 5.45. The summed E-state index contributed by atoms with van der Waals surface area (Å²) < 4.78 is 7.36. The van der Waals surface area contributed by atoms with Crippen LogP contribution in [0.15, 0.2) is 71.9 Å². The number of hydrogen-bond donors (Lipinski definition) is 0. The Labute approximate surface area is 161 Å². The van der Waals surface area contributed by atoms with Gasteiger partial charge < -0.3 is 9.30 Å². The SMILES string of the molecule is COc1ccc(-n2cccc2C=Nc2ccc(C3CCCCC3)cc2)cc1. The van der Waals surface area contributed by atoms with Crippen LogP contribution in [0.5, 0.6) is 5.75 Å². The van der Waals surface area contributed by atoms with Crippen LogP contribution in [0.2, 0.25) is 0 Å². The van der Waals surface area contributed by atoms with E-state index in [1.165, 1.54) is 37.7 Å². The third kappa shape index (κ3) is 4.13. The normalized spacial score (nSPS) is 15.3. The maximum absolute atomic E-state index is 5.24. The summed E-state index contributed by atoms with van der Waals surface area (Å²) >= 11 is 0. The second-order valence-corrected chi connectivity index (χ2v) is 7.19. The van der Waals surface area contributed by atoms with Crippen molar-refractivity contribution in [2.45, 2.75) is 38.0 Å². The van der Waals surface area contributed by atoms with E-state index < -0.39 is 0 Å². The molecule has 1 heterocycles. The smallest absolute Gasteiger partial charge is 0.119 e. The highest BCUT2D eigenvalue weighted by molar-refractivity contribution is 5.81. The lowest BCUT2D eigenvalue weighted by Crippen LogP contribution is -2.03. The summed E-state index contributed by atoms with van der Waals surface area (Å²) in [4.78, 5) is 4.68. The molecule has 0 bridgehead atoms. The quantitative estimate of drug-likeness (QED) is 0.493. The van der Waals surface area contributed by atoms with Gasteiger partial charge in [0, 0.05) is 11.9 Å². The van der Waals surface area contributed by atoms with Crippen molar-refractivity contribution in [3.63, 3.8) is 0 Å². The van der Waals surface area contributed by atoms with Gasteiger partial charge >= 0.3 is 0 Å². The van der Waals surface area contributed by atoms with E-state index in [1.54, 1.807) is 7.11 Å². The highest BCUT2D eigenvalue weighted by Crippen LogP contribution is 2.33. The monoisotopic (exact) mass is 358 g/mol. The predicted molar refractivity (Wildman–Crippen MR) is 112 cm³/mol. The van der Waals surface area contributed by atoms with Crippen LogP contribution in [0.1, 0.15) is 49.3 Å². The van der Waals surface area contributed by atoms with Crippen molar-refractivity contribution in [3.05, 3.63) is 78.1 Å². The molecule has 1 saturated carbocycles. The lowest BCUT2D eigenvalue weighted by atomic mass is 9.84. The van der Waals surface area contributed by atoms with E-state index in [0.29, 0.717) is 0 Å². The van der Waals surface area contributed by atoms with Crippen molar-refractivity contribution in [2.24, 2.45) is 4.99 Å². The molecule has 1 aliphatic carbocycles. The second-order valence-electron chi connectivity index (χ2n) is 7.19. The highest BCUT2D eigenvalue weighted by atomic mass is 16.5. The summed E-state index contributed by atoms with van der Waals surface area (Å²) in [6.45, 7) is 0. The van der Waals surface area contributed by atoms with Crippen LogP contribution in [0.25, 0.3) is 5.69 Å². The Balaban J connectivity index is 1.49. The maximum atomic E-state index is 5.24. The zero-order valence-corrected chi connectivity index (χ0v) is 15.8. The Hall–Kier alpha value is -2.81. The molecule has 4 rings (SSSR count). The topological polar surface area (TPSA) is 26.5 Å². The second kappa shape index (κ2) is 8.26. The van der Waals surface area contributed by atoms with Crippen molar-refractivity contribution in [2.75, 3.05) is 7.11 Å². The third-order valence-electron chi connectivity index (χ3n) is 5.45. The number of nitrogens with zero attached hydrogens (tertiary/aromatic N) is 2. The van der Waals surface area contributed by atoms with Crippen molar-refractivity contribution < 1.29 is 4.74 Å². The molecule has 2 aromatic carbocycles. The first-order valence-corrected chi connectivity index (χ1v) is 9.79. The van der Waals surface area contributed by atoms with Crippen molar-refractivity contribution in [1.82, 2.24) is 4.57 Å². The van der Waals surface area contributed by atoms with Gasteiger partial charge in [0.05, 0.1) is 24.7 Å². The first kappa shape index (κ1) is 17.6. The van der Waals surface area contributed by atoms with Gasteiger partial charge in [-0.15, -0.1) is 0 Å². The summed E-state index contributed by atoms with van der Waals surface area (Å²) in [5.74, 6) is 1.60. The predicted octanol–water partition coefficient (Wildman–Crippen LogP) is 6.28. The minimum absolute atomic E-state index is 0.740. The van der Waals surface area contributed by atoms with Gasteiger partial charge in [0.25, 0.3) is 0 Å². The van der Waals surface area contributed by atoms with E-state index in [-0.39, 0.29) is 0 Å². The van der Waals surface area contributed by atoms with Gasteiger partial charge in [-0.3, -0.25) is 4.99 Å². The van der Waals surface area contributed by atoms with Crippen LogP contribution in [-0.2, 0) is 0 Å². The fourth-order valence-electron chi connectivity index (χ4n) is 3.89. The molecule has 3 heteroatoms. The molecule has 1 aromatic heterocycles. The molecule has 138 valence electrons. The molecule has 0 aliphatic heterocycles. The first-order chi connectivity index (χ1) is 13.3. The van der Waals surface area contributed by atoms with E-state index >= 15 is 0 Å². The van der Waals surface area contributed by atoms with Gasteiger partial charge in [0.15, 0.2) is 0 Å². The van der Waals surface area contributed by atoms with Gasteiger partial charge in [0.1, 0.15) is 5.75 Å². The van der Waals surface area contributed by atoms with Crippen molar-refractivity contribution >= 4 is 11.9 Å². The molecule has 1 aliphatic rings. The molecule has 0 unspecified atom stereocenters. The van der Waals surface area contributed by atoms with Crippen LogP contribution >= 0.6 is 0 Å². The Morgan fingerprint density at radius 3 is 2.37 bits per heavy atom. The van der Waals surface area contributed by atoms with E-state index in [0.717, 1.165) is 28.7 Å². The number of hydrogen-bond acceptors (Lipinski definition) is 2. The van der Waals surface area contributed by atoms with Gasteiger partial charge in [0.2, 0.25) is 0 Å². The molecule has 0 saturated heterocycles. The van der Waals surface area contributed by atoms with Gasteiger partial charge in [-0.25, -0.2) is 0 Å². The fraction of sp³-hybridized carbons (Fsp3) is 0.292. The van der Waals surface area contributed by atoms with Gasteiger partial charge in [-0.2, -0.15) is 0 Å². The molecule has 0 radical (unpaired) electrons. The van der Waals surface area contributed by atoms with E-state index in [9.17, 15) is 0 Å². The zero-order valence-electron chi connectivity index (χ0n) is 15.8. The Morgan fingerprint density at radius 2 is 1.67 bits per heavy atom. The summed E-state index contributed by atoms with van der Waals surface area (Å²) in [5, 5.41) is 0. The number of rotatable bonds is 5. The number of aromatic nitrogens is 1. The van der Waals surface area contributed by atoms with Gasteiger partial charge in [-0.1, -0.05) is 31.4 Å². The van der Waals surface area contributed by atoms with Crippen LogP contribution in [0.3, 0.4) is 0 Å². The van der Waals surface area contributed by atoms with E-state index in [1.807, 2.05) is 24.4 Å². The first-order valence-electron chi connectivity index (χ1n) is 9.79. The Morgan fingerprint density at radius 1 is 0.926 bits per heavy atom. The molecule has 0 spiro atoms. The average Bonchev–Trinajstić information content (AvgIpc) is 3.22. The number of methoxy groups -OCH3 is 1. The van der Waals surface area contributed by atoms with Crippen LogP contribution < -0.4 is 4.74 Å². The Bertz CT molecular complexity index is 885. The minimum atomic E-state index is 0.740. The number of ether oxygens (including phenoxy) is 1. The zero-order chi connectivity index (χ0) is 18.5. The summed E-state index contributed by atoms with van der Waals surface area (Å²) in [7, 11) is 1.68. The number of aliphatic imine (C=N–C) groups is 1. The largest absolute Gasteiger partial charge is 0.497 e. The van der Waals surface area contributed by atoms with Crippen LogP contribution in [-0.4, -0.2) is 17.9 Å². The molecule has 0 amide bonds. The maximum Gasteiger partial charge on any atom is 0.119 e. The molecule has 0 atom stereocenters. The standard InChI is InChI=1S/C24H26N2O/c1-27-24-15-13-22(14-16-24)26-17-5-8-23(26)18-25-21-11-9-20(10-12-21)19-6-3-2-4-7-19/h5,8-19H,2-4,6-7H2,1H3. The van der Waals surface area contributed by atoms with Crippen LogP contribution in [0, 0.1) is 0 Å². The molecule has 3 nitrogen and oxygen atoms in total. The fourth-order valence-corrected chi connectivity index (χ4v) is 3.89. The highest BCUT2D eigenvalue weighted by Gasteiger charge is 2.14. The average molecular weight is 358 g/mol. The molecular formula is C24H26N2O. The number of benzene rings is 2. The van der Waals surface area contributed by atoms with Gasteiger partial charge in [-0.05, 0) is 72.9 Å². The molecule has 27 heavy (non-hydrogen) atoms. The summed E-state index contributed by atoms with van der Waals surface area (Å²) in [6, 6.07) is 20.9. The van der Waals surface area contributed by atoms with Crippen molar-refractivity contribution in [1.29, 1.82) is 0 Å². The minimum Gasteiger partial charge on any atom is -0.497 e. The van der Waals surface area contributed by atoms with Crippen molar-refractivity contribution in [3.8, 4) is 11.4 Å². The van der Waals surface area contributed by atoms with E-state index in [4.69, 9.17) is 4.74 Å². The molecule has 1 fully saturated rings. The van der Waals surface area contributed by atoms with E-state index in [2.05, 4.69) is 58.2 Å². The Kier molecular flexibility index (Phi) is 5.38. The molecule has 0 N–H and O–H groups in total. The lowest BCUT2D eigenvalue weighted by Gasteiger charge is -2.21. The molecular weight excluding hydrogens is 332 g/mol. The summed E-state index contributed by atoms with van der Waals surface area (Å²) in [5.41, 5.74) is 4.61. The summed E-state index contributed by atoms with van der Waals surface area (Å²) in [6.07, 6.45) is 10.8. The lowest BCUT2D eigenvalue weighted by molar-refractivity contribution is 0.415. The molecule has 3 aromatic rings.